The summed E-state index contributed by atoms with van der Waals surface area (Å²) in [5.41, 5.74) is 7.56. The Morgan fingerprint density at radius 3 is 2.89 bits per heavy atom. The van der Waals surface area contributed by atoms with Crippen LogP contribution in [0.15, 0.2) is 22.7 Å². The number of carbonyl (C=O) groups is 1. The minimum atomic E-state index is -0.441. The number of carbonyl (C=O) groups excluding carboxylic acids is 1. The molecule has 1 aromatic rings. The molecule has 1 aliphatic carbocycles. The fraction of sp³-hybridized carbons (Fsp3) is 0.500. The fourth-order valence-corrected chi connectivity index (χ4v) is 2.82. The van der Waals surface area contributed by atoms with Crippen LogP contribution in [0.25, 0.3) is 0 Å². The number of nitrogens with one attached hydrogen (secondary N) is 1. The molecule has 18 heavy (non-hydrogen) atoms. The summed E-state index contributed by atoms with van der Waals surface area (Å²) in [6, 6.07) is 5.87. The first-order chi connectivity index (χ1) is 8.43. The van der Waals surface area contributed by atoms with Crippen molar-refractivity contribution in [2.75, 3.05) is 5.32 Å². The van der Waals surface area contributed by atoms with Gasteiger partial charge in [0.1, 0.15) is 0 Å². The highest BCUT2D eigenvalue weighted by molar-refractivity contribution is 9.10. The maximum absolute atomic E-state index is 12.4. The maximum Gasteiger partial charge on any atom is 0.231 e. The normalized spacial score (nSPS) is 27.2. The van der Waals surface area contributed by atoms with Crippen molar-refractivity contribution < 1.29 is 4.79 Å². The Morgan fingerprint density at radius 2 is 2.28 bits per heavy atom. The van der Waals surface area contributed by atoms with Gasteiger partial charge in [-0.05, 0) is 60.3 Å². The molecular weight excluding hydrogens is 292 g/mol. The number of hydrogen-bond donors (Lipinski definition) is 2. The van der Waals surface area contributed by atoms with Crippen LogP contribution in [0.2, 0.25) is 0 Å². The lowest BCUT2D eigenvalue weighted by Gasteiger charge is -2.27. The molecule has 1 aliphatic rings. The summed E-state index contributed by atoms with van der Waals surface area (Å²) < 4.78 is 0.900. The molecule has 98 valence electrons. The van der Waals surface area contributed by atoms with E-state index in [-0.39, 0.29) is 11.9 Å². The summed E-state index contributed by atoms with van der Waals surface area (Å²) in [4.78, 5) is 12.4. The van der Waals surface area contributed by atoms with Gasteiger partial charge in [0.05, 0.1) is 11.1 Å². The Kier molecular flexibility index (Phi) is 3.78. The Bertz CT molecular complexity index is 475. The topological polar surface area (TPSA) is 55.1 Å². The van der Waals surface area contributed by atoms with Gasteiger partial charge in [-0.1, -0.05) is 12.5 Å². The minimum Gasteiger partial charge on any atom is -0.327 e. The van der Waals surface area contributed by atoms with Gasteiger partial charge >= 0.3 is 0 Å². The van der Waals surface area contributed by atoms with Crippen molar-refractivity contribution in [1.29, 1.82) is 0 Å². The van der Waals surface area contributed by atoms with Gasteiger partial charge in [0.25, 0.3) is 0 Å². The molecule has 1 fully saturated rings. The van der Waals surface area contributed by atoms with E-state index in [4.69, 9.17) is 5.73 Å². The van der Waals surface area contributed by atoms with E-state index in [9.17, 15) is 4.79 Å². The summed E-state index contributed by atoms with van der Waals surface area (Å²) in [5.74, 6) is 0.0267. The van der Waals surface area contributed by atoms with Crippen molar-refractivity contribution in [2.24, 2.45) is 11.1 Å². The van der Waals surface area contributed by atoms with Crippen LogP contribution in [0.4, 0.5) is 5.69 Å². The van der Waals surface area contributed by atoms with Crippen LogP contribution in [0.3, 0.4) is 0 Å². The van der Waals surface area contributed by atoms with E-state index in [0.29, 0.717) is 0 Å². The number of amides is 1. The highest BCUT2D eigenvalue weighted by Crippen LogP contribution is 2.38. The average Bonchev–Trinajstić information content (AvgIpc) is 2.66. The summed E-state index contributed by atoms with van der Waals surface area (Å²) in [5, 5.41) is 3.00. The molecule has 0 aromatic heterocycles. The molecular formula is C14H19BrN2O. The van der Waals surface area contributed by atoms with Crippen LogP contribution < -0.4 is 11.1 Å². The second-order valence-electron chi connectivity index (χ2n) is 5.35. The Morgan fingerprint density at radius 1 is 1.56 bits per heavy atom. The predicted octanol–water partition coefficient (Wildman–Crippen LogP) is 3.21. The molecule has 2 unspecified atom stereocenters. The second-order valence-corrected chi connectivity index (χ2v) is 6.21. The van der Waals surface area contributed by atoms with Crippen molar-refractivity contribution in [3.63, 3.8) is 0 Å². The molecule has 0 saturated heterocycles. The number of rotatable bonds is 2. The first-order valence-electron chi connectivity index (χ1n) is 6.26. The largest absolute Gasteiger partial charge is 0.327 e. The summed E-state index contributed by atoms with van der Waals surface area (Å²) in [6.07, 6.45) is 2.82. The van der Waals surface area contributed by atoms with Crippen LogP contribution in [-0.4, -0.2) is 11.9 Å². The average molecular weight is 311 g/mol. The first kappa shape index (κ1) is 13.6. The van der Waals surface area contributed by atoms with Crippen molar-refractivity contribution in [3.05, 3.63) is 28.2 Å². The van der Waals surface area contributed by atoms with E-state index < -0.39 is 5.41 Å². The molecule has 4 heteroatoms. The third-order valence-electron chi connectivity index (χ3n) is 3.92. The number of halogens is 1. The second kappa shape index (κ2) is 5.02. The van der Waals surface area contributed by atoms with Crippen LogP contribution in [0.5, 0.6) is 0 Å². The van der Waals surface area contributed by atoms with Crippen molar-refractivity contribution >= 4 is 27.5 Å². The molecule has 2 atom stereocenters. The lowest BCUT2D eigenvalue weighted by Crippen LogP contribution is -2.44. The zero-order valence-electron chi connectivity index (χ0n) is 10.8. The monoisotopic (exact) mass is 310 g/mol. The number of benzene rings is 1. The number of hydrogen-bond acceptors (Lipinski definition) is 2. The van der Waals surface area contributed by atoms with Crippen LogP contribution in [0, 0.1) is 12.3 Å². The van der Waals surface area contributed by atoms with Gasteiger partial charge in [-0.25, -0.2) is 0 Å². The Balaban J connectivity index is 2.19. The number of nitrogens with two attached hydrogens (primary N) is 1. The molecule has 1 aromatic carbocycles. The van der Waals surface area contributed by atoms with Gasteiger partial charge in [-0.15, -0.1) is 0 Å². The smallest absolute Gasteiger partial charge is 0.231 e. The van der Waals surface area contributed by atoms with E-state index in [1.54, 1.807) is 0 Å². The molecule has 1 amide bonds. The van der Waals surface area contributed by atoms with E-state index in [0.717, 1.165) is 35.0 Å². The highest BCUT2D eigenvalue weighted by Gasteiger charge is 2.43. The van der Waals surface area contributed by atoms with E-state index in [1.165, 1.54) is 0 Å². The third kappa shape index (κ3) is 2.45. The van der Waals surface area contributed by atoms with E-state index in [1.807, 2.05) is 32.0 Å². The van der Waals surface area contributed by atoms with Gasteiger partial charge in [0, 0.05) is 10.5 Å². The van der Waals surface area contributed by atoms with Crippen molar-refractivity contribution in [2.45, 2.75) is 39.2 Å². The zero-order valence-corrected chi connectivity index (χ0v) is 12.4. The third-order valence-corrected chi connectivity index (χ3v) is 4.61. The molecule has 0 bridgehead atoms. The molecule has 3 nitrogen and oxygen atoms in total. The number of anilines is 1. The summed E-state index contributed by atoms with van der Waals surface area (Å²) in [6.45, 7) is 3.97. The Hall–Kier alpha value is -0.870. The van der Waals surface area contributed by atoms with Gasteiger partial charge in [0.2, 0.25) is 5.91 Å². The molecule has 2 rings (SSSR count). The molecule has 0 aliphatic heterocycles. The lowest BCUT2D eigenvalue weighted by atomic mass is 9.84. The van der Waals surface area contributed by atoms with Gasteiger partial charge in [-0.3, -0.25) is 4.79 Å². The van der Waals surface area contributed by atoms with Crippen LogP contribution >= 0.6 is 15.9 Å². The van der Waals surface area contributed by atoms with Crippen molar-refractivity contribution in [1.82, 2.24) is 0 Å². The lowest BCUT2D eigenvalue weighted by molar-refractivity contribution is -0.125. The Labute approximate surface area is 116 Å². The fourth-order valence-electron chi connectivity index (χ4n) is 2.48. The zero-order chi connectivity index (χ0) is 13.3. The predicted molar refractivity (Wildman–Crippen MR) is 77.4 cm³/mol. The van der Waals surface area contributed by atoms with Crippen molar-refractivity contribution in [3.8, 4) is 0 Å². The summed E-state index contributed by atoms with van der Waals surface area (Å²) >= 11 is 3.45. The van der Waals surface area contributed by atoms with Crippen LogP contribution in [0.1, 0.15) is 31.7 Å². The standard InChI is InChI=1S/C14H19BrN2O/c1-9-5-6-10(15)11(8-9)17-13(18)14(2)7-3-4-12(14)16/h5-6,8,12H,3-4,7,16H2,1-2H3,(H,17,18). The molecule has 0 heterocycles. The van der Waals surface area contributed by atoms with Crippen LogP contribution in [-0.2, 0) is 4.79 Å². The van der Waals surface area contributed by atoms with Gasteiger partial charge in [0.15, 0.2) is 0 Å². The number of aryl methyl sites for hydroxylation is 1. The first-order valence-corrected chi connectivity index (χ1v) is 7.06. The van der Waals surface area contributed by atoms with E-state index in [2.05, 4.69) is 21.2 Å². The summed E-state index contributed by atoms with van der Waals surface area (Å²) in [7, 11) is 0. The highest BCUT2D eigenvalue weighted by atomic mass is 79.9. The molecule has 0 radical (unpaired) electrons. The quantitative estimate of drug-likeness (QED) is 0.881. The minimum absolute atomic E-state index is 0.0267. The maximum atomic E-state index is 12.4. The molecule has 1 saturated carbocycles. The molecule has 3 N–H and O–H groups in total. The van der Waals surface area contributed by atoms with Gasteiger partial charge in [-0.2, -0.15) is 0 Å². The van der Waals surface area contributed by atoms with Gasteiger partial charge < -0.3 is 11.1 Å². The molecule has 0 spiro atoms. The van der Waals surface area contributed by atoms with E-state index >= 15 is 0 Å². The SMILES string of the molecule is Cc1ccc(Br)c(NC(=O)C2(C)CCCC2N)c1.